The summed E-state index contributed by atoms with van der Waals surface area (Å²) in [6.45, 7) is 6.40. The first-order valence-corrected chi connectivity index (χ1v) is 35.0. The second-order valence-electron chi connectivity index (χ2n) is 23.0. The average Bonchev–Trinajstić information content (AvgIpc) is 3.49. The van der Waals surface area contributed by atoms with Crippen molar-refractivity contribution >= 4 is 17.9 Å². The number of unbranched alkanes of at least 4 members (excludes halogenated alkanes) is 32. The first kappa shape index (κ1) is 78.8. The number of allylic oxidation sites excluding steroid dienone is 20. The Hall–Kier alpha value is -4.19. The minimum absolute atomic E-state index is 0.0860. The van der Waals surface area contributed by atoms with E-state index in [0.717, 1.165) is 141 Å². The van der Waals surface area contributed by atoms with Gasteiger partial charge in [-0.25, -0.2) is 0 Å². The molecule has 0 bridgehead atoms. The first-order valence-electron chi connectivity index (χ1n) is 35.0. The molecule has 0 N–H and O–H groups in total. The highest BCUT2D eigenvalue weighted by Crippen LogP contribution is 2.17. The molecule has 0 aromatic rings. The topological polar surface area (TPSA) is 78.9 Å². The summed E-state index contributed by atoms with van der Waals surface area (Å²) in [7, 11) is 0. The summed E-state index contributed by atoms with van der Waals surface area (Å²) in [5, 5.41) is 0. The van der Waals surface area contributed by atoms with Gasteiger partial charge in [-0.2, -0.15) is 0 Å². The molecule has 1 unspecified atom stereocenters. The zero-order chi connectivity index (χ0) is 59.9. The number of carbonyl (C=O) groups is 3. The van der Waals surface area contributed by atoms with Gasteiger partial charge in [0.05, 0.1) is 0 Å². The van der Waals surface area contributed by atoms with E-state index >= 15 is 0 Å². The summed E-state index contributed by atoms with van der Waals surface area (Å²) in [4.78, 5) is 38.4. The van der Waals surface area contributed by atoms with Crippen LogP contribution in [0, 0.1) is 0 Å². The van der Waals surface area contributed by atoms with Crippen LogP contribution >= 0.6 is 0 Å². The number of esters is 3. The number of hydrogen-bond acceptors (Lipinski definition) is 6. The molecule has 0 rings (SSSR count). The maximum atomic E-state index is 12.9. The molecule has 0 aromatic carbocycles. The summed E-state index contributed by atoms with van der Waals surface area (Å²) in [6, 6.07) is 0. The van der Waals surface area contributed by atoms with Crippen LogP contribution in [-0.2, 0) is 28.6 Å². The van der Waals surface area contributed by atoms with E-state index in [1.807, 2.05) is 0 Å². The van der Waals surface area contributed by atoms with Crippen molar-refractivity contribution in [3.63, 3.8) is 0 Å². The molecule has 0 heterocycles. The van der Waals surface area contributed by atoms with Crippen LogP contribution in [0.15, 0.2) is 122 Å². The summed E-state index contributed by atoms with van der Waals surface area (Å²) in [5.41, 5.74) is 0. The number of rotatable bonds is 63. The lowest BCUT2D eigenvalue weighted by atomic mass is 10.0. The summed E-state index contributed by atoms with van der Waals surface area (Å²) in [6.07, 6.45) is 98.0. The van der Waals surface area contributed by atoms with Crippen molar-refractivity contribution in [1.82, 2.24) is 0 Å². The molecule has 0 radical (unpaired) electrons. The fourth-order valence-corrected chi connectivity index (χ4v) is 9.75. The van der Waals surface area contributed by atoms with E-state index in [1.54, 1.807) is 0 Å². The Bertz CT molecular complexity index is 1700. The van der Waals surface area contributed by atoms with Gasteiger partial charge in [0.1, 0.15) is 13.2 Å². The molecule has 0 fully saturated rings. The number of ether oxygens (including phenoxy) is 3. The second kappa shape index (κ2) is 70.3. The summed E-state index contributed by atoms with van der Waals surface area (Å²) >= 11 is 0. The lowest BCUT2D eigenvalue weighted by molar-refractivity contribution is -0.167. The lowest BCUT2D eigenvalue weighted by Gasteiger charge is -2.18. The van der Waals surface area contributed by atoms with Crippen molar-refractivity contribution in [3.05, 3.63) is 122 Å². The van der Waals surface area contributed by atoms with Crippen molar-refractivity contribution in [2.75, 3.05) is 13.2 Å². The summed E-state index contributed by atoms with van der Waals surface area (Å²) < 4.78 is 17.0. The highest BCUT2D eigenvalue weighted by Gasteiger charge is 2.19. The monoisotopic (exact) mass is 1150 g/mol. The normalized spacial score (nSPS) is 12.9. The van der Waals surface area contributed by atoms with Gasteiger partial charge >= 0.3 is 17.9 Å². The van der Waals surface area contributed by atoms with Crippen LogP contribution in [-0.4, -0.2) is 37.2 Å². The zero-order valence-corrected chi connectivity index (χ0v) is 54.4. The minimum atomic E-state index is -0.792. The van der Waals surface area contributed by atoms with E-state index in [-0.39, 0.29) is 31.1 Å². The Kier molecular flexibility index (Phi) is 66.7. The predicted molar refractivity (Wildman–Crippen MR) is 362 cm³/mol. The molecule has 83 heavy (non-hydrogen) atoms. The van der Waals surface area contributed by atoms with Crippen molar-refractivity contribution in [2.45, 2.75) is 335 Å². The molecule has 0 aromatic heterocycles. The van der Waals surface area contributed by atoms with Crippen LogP contribution in [0.2, 0.25) is 0 Å². The molecular weight excluding hydrogens is 1020 g/mol. The van der Waals surface area contributed by atoms with Crippen LogP contribution in [0.5, 0.6) is 0 Å². The Balaban J connectivity index is 4.23. The van der Waals surface area contributed by atoms with Crippen molar-refractivity contribution < 1.29 is 28.6 Å². The van der Waals surface area contributed by atoms with Gasteiger partial charge in [-0.15, -0.1) is 0 Å². The highest BCUT2D eigenvalue weighted by molar-refractivity contribution is 5.71. The van der Waals surface area contributed by atoms with Gasteiger partial charge in [0.25, 0.3) is 0 Å². The number of carbonyl (C=O) groups excluding carboxylic acids is 3. The van der Waals surface area contributed by atoms with Crippen LogP contribution < -0.4 is 0 Å². The molecule has 6 nitrogen and oxygen atoms in total. The van der Waals surface area contributed by atoms with Gasteiger partial charge in [0.2, 0.25) is 0 Å². The van der Waals surface area contributed by atoms with E-state index in [2.05, 4.69) is 142 Å². The smallest absolute Gasteiger partial charge is 0.306 e. The molecule has 1 atom stereocenters. The van der Waals surface area contributed by atoms with Crippen molar-refractivity contribution in [2.24, 2.45) is 0 Å². The van der Waals surface area contributed by atoms with E-state index in [9.17, 15) is 14.4 Å². The molecule has 474 valence electrons. The maximum absolute atomic E-state index is 12.9. The van der Waals surface area contributed by atoms with Gasteiger partial charge in [-0.05, 0) is 128 Å². The van der Waals surface area contributed by atoms with E-state index in [4.69, 9.17) is 14.2 Å². The van der Waals surface area contributed by atoms with Crippen LogP contribution in [0.25, 0.3) is 0 Å². The molecule has 0 amide bonds. The Morgan fingerprint density at radius 1 is 0.253 bits per heavy atom. The molecule has 0 spiro atoms. The maximum Gasteiger partial charge on any atom is 0.306 e. The van der Waals surface area contributed by atoms with Gasteiger partial charge in [0.15, 0.2) is 6.10 Å². The molecule has 0 aliphatic carbocycles. The average molecular weight is 1150 g/mol. The third kappa shape index (κ3) is 68.5. The Morgan fingerprint density at radius 2 is 0.470 bits per heavy atom. The van der Waals surface area contributed by atoms with Crippen LogP contribution in [0.1, 0.15) is 329 Å². The zero-order valence-electron chi connectivity index (χ0n) is 54.4. The molecule has 0 saturated heterocycles. The molecular formula is C77H130O6. The number of hydrogen-bond donors (Lipinski definition) is 0. The largest absolute Gasteiger partial charge is 0.462 e. The molecule has 0 aliphatic heterocycles. The SMILES string of the molecule is CC/C=C\C/C=C\C/C=C\C/C=C\C/C=C\CCCCCCCCCCCCCCCCCCCC(=O)OCC(COC(=O)CCCCCCC/C=C\C/C=C\C/C=C\CC)OC(=O)CCCCCCCCC/C=C\C/C=C\CCCCC. The third-order valence-electron chi connectivity index (χ3n) is 14.9. The molecule has 0 saturated carbocycles. The second-order valence-corrected chi connectivity index (χ2v) is 23.0. The summed E-state index contributed by atoms with van der Waals surface area (Å²) in [5.74, 6) is -0.900. The van der Waals surface area contributed by atoms with Gasteiger partial charge in [0, 0.05) is 19.3 Å². The standard InChI is InChI=1S/C77H130O6/c1-4-7-10-13-16-19-22-25-28-30-31-32-33-34-35-36-37-38-39-40-41-42-43-44-45-47-49-52-55-58-61-64-67-70-76(79)82-73-74(72-81-75(78)69-66-63-60-57-54-51-48-27-24-21-18-15-12-9-6-3)83-77(80)71-68-65-62-59-56-53-50-46-29-26-23-20-17-14-11-8-5-2/h7,9-10,12,16-21,25-29,31-32,34-35,48,74H,4-6,8,11,13-15,22-24,30,33,36-47,49-73H2,1-3H3/b10-7-,12-9-,19-16-,20-17-,21-18-,28-25-,29-26-,32-31-,35-34-,48-27-. The van der Waals surface area contributed by atoms with Gasteiger partial charge < -0.3 is 14.2 Å². The predicted octanol–water partition coefficient (Wildman–Crippen LogP) is 24.3. The minimum Gasteiger partial charge on any atom is -0.462 e. The van der Waals surface area contributed by atoms with Crippen molar-refractivity contribution in [1.29, 1.82) is 0 Å². The highest BCUT2D eigenvalue weighted by atomic mass is 16.6. The van der Waals surface area contributed by atoms with E-state index < -0.39 is 6.10 Å². The van der Waals surface area contributed by atoms with Crippen molar-refractivity contribution in [3.8, 4) is 0 Å². The third-order valence-corrected chi connectivity index (χ3v) is 14.9. The van der Waals surface area contributed by atoms with Gasteiger partial charge in [-0.3, -0.25) is 14.4 Å². The Morgan fingerprint density at radius 3 is 0.735 bits per heavy atom. The van der Waals surface area contributed by atoms with Crippen LogP contribution in [0.3, 0.4) is 0 Å². The lowest BCUT2D eigenvalue weighted by Crippen LogP contribution is -2.30. The first-order chi connectivity index (χ1) is 41.0. The van der Waals surface area contributed by atoms with E-state index in [0.29, 0.717) is 19.3 Å². The van der Waals surface area contributed by atoms with Crippen LogP contribution in [0.4, 0.5) is 0 Å². The molecule has 6 heteroatoms. The van der Waals surface area contributed by atoms with Gasteiger partial charge in [-0.1, -0.05) is 303 Å². The van der Waals surface area contributed by atoms with E-state index in [1.165, 1.54) is 148 Å². The Labute approximate surface area is 513 Å². The fourth-order valence-electron chi connectivity index (χ4n) is 9.75. The quantitative estimate of drug-likeness (QED) is 0.0261. The molecule has 0 aliphatic rings. The fraction of sp³-hybridized carbons (Fsp3) is 0.701.